The van der Waals surface area contributed by atoms with E-state index < -0.39 is 0 Å². The molecule has 1 fully saturated rings. The third kappa shape index (κ3) is 4.90. The second-order valence-electron chi connectivity index (χ2n) is 7.35. The predicted octanol–water partition coefficient (Wildman–Crippen LogP) is 4.82. The Balaban J connectivity index is 1.41. The summed E-state index contributed by atoms with van der Waals surface area (Å²) in [6.45, 7) is 6.48. The van der Waals surface area contributed by atoms with Gasteiger partial charge in [0.1, 0.15) is 5.75 Å². The number of benzene rings is 2. The lowest BCUT2D eigenvalue weighted by Crippen LogP contribution is -2.35. The Morgan fingerprint density at radius 3 is 2.47 bits per heavy atom. The highest BCUT2D eigenvalue weighted by Crippen LogP contribution is 2.32. The molecule has 0 aliphatic carbocycles. The summed E-state index contributed by atoms with van der Waals surface area (Å²) in [5, 5.41) is 3.02. The van der Waals surface area contributed by atoms with Crippen LogP contribution in [0.5, 0.6) is 5.75 Å². The lowest BCUT2D eigenvalue weighted by atomic mass is 10.1. The Bertz CT molecular complexity index is 990. The maximum Gasteiger partial charge on any atom is 0.265 e. The van der Waals surface area contributed by atoms with E-state index in [1.807, 2.05) is 49.4 Å². The molecule has 1 aromatic heterocycles. The van der Waals surface area contributed by atoms with E-state index in [0.717, 1.165) is 60.3 Å². The maximum absolute atomic E-state index is 12.8. The molecule has 5 nitrogen and oxygen atoms in total. The van der Waals surface area contributed by atoms with Gasteiger partial charge in [0, 0.05) is 30.2 Å². The number of hydrogen-bond donors (Lipinski definition) is 1. The van der Waals surface area contributed by atoms with Gasteiger partial charge in [-0.1, -0.05) is 24.3 Å². The van der Waals surface area contributed by atoms with Gasteiger partial charge in [0.2, 0.25) is 0 Å². The van der Waals surface area contributed by atoms with E-state index in [1.54, 1.807) is 7.11 Å². The van der Waals surface area contributed by atoms with Crippen LogP contribution in [0.25, 0.3) is 11.1 Å². The Labute approximate surface area is 181 Å². The molecule has 2 aromatic carbocycles. The summed E-state index contributed by atoms with van der Waals surface area (Å²) in [4.78, 5) is 17.0. The molecule has 156 valence electrons. The van der Waals surface area contributed by atoms with Gasteiger partial charge in [0.05, 0.1) is 25.2 Å². The molecule has 1 aliphatic heterocycles. The molecule has 0 saturated carbocycles. The number of aryl methyl sites for hydroxylation is 1. The van der Waals surface area contributed by atoms with Crippen LogP contribution in [0.1, 0.15) is 20.1 Å². The van der Waals surface area contributed by atoms with Crippen LogP contribution in [-0.2, 0) is 11.3 Å². The molecule has 0 spiro atoms. The van der Waals surface area contributed by atoms with Crippen LogP contribution in [0.15, 0.2) is 54.6 Å². The molecule has 0 bridgehead atoms. The average Bonchev–Trinajstić information content (AvgIpc) is 3.18. The number of ether oxygens (including phenoxy) is 2. The summed E-state index contributed by atoms with van der Waals surface area (Å²) in [6.07, 6.45) is 0. The first-order chi connectivity index (χ1) is 14.6. The van der Waals surface area contributed by atoms with Crippen LogP contribution in [0.4, 0.5) is 5.69 Å². The van der Waals surface area contributed by atoms with Crippen molar-refractivity contribution < 1.29 is 14.3 Å². The number of nitrogens with zero attached hydrogens (tertiary/aromatic N) is 1. The van der Waals surface area contributed by atoms with E-state index in [4.69, 9.17) is 9.47 Å². The number of hydrogen-bond acceptors (Lipinski definition) is 5. The fourth-order valence-corrected chi connectivity index (χ4v) is 4.49. The van der Waals surface area contributed by atoms with Crippen molar-refractivity contribution in [2.45, 2.75) is 13.5 Å². The van der Waals surface area contributed by atoms with Crippen molar-refractivity contribution in [3.05, 3.63) is 69.9 Å². The van der Waals surface area contributed by atoms with E-state index in [2.05, 4.69) is 22.3 Å². The maximum atomic E-state index is 12.8. The van der Waals surface area contributed by atoms with Crippen LogP contribution in [0, 0.1) is 6.92 Å². The molecule has 3 aromatic rings. The van der Waals surface area contributed by atoms with Crippen LogP contribution < -0.4 is 10.1 Å². The summed E-state index contributed by atoms with van der Waals surface area (Å²) in [6, 6.07) is 18.0. The van der Waals surface area contributed by atoms with Gasteiger partial charge >= 0.3 is 0 Å². The fraction of sp³-hybridized carbons (Fsp3) is 0.292. The quantitative estimate of drug-likeness (QED) is 0.619. The standard InChI is InChI=1S/C24H26N2O3S/c1-17-22(19-5-9-21(28-2)10-6-19)15-23(30-17)24(27)25-20-7-3-18(4-8-20)16-26-11-13-29-14-12-26/h3-10,15H,11-14,16H2,1-2H3,(H,25,27). The van der Waals surface area contributed by atoms with Crippen LogP contribution in [-0.4, -0.2) is 44.2 Å². The molecule has 30 heavy (non-hydrogen) atoms. The van der Waals surface area contributed by atoms with Gasteiger partial charge in [-0.2, -0.15) is 0 Å². The zero-order valence-corrected chi connectivity index (χ0v) is 18.1. The van der Waals surface area contributed by atoms with Crippen molar-refractivity contribution in [2.75, 3.05) is 38.7 Å². The minimum absolute atomic E-state index is 0.0798. The molecular formula is C24H26N2O3S. The van der Waals surface area contributed by atoms with Crippen molar-refractivity contribution in [1.29, 1.82) is 0 Å². The highest BCUT2D eigenvalue weighted by Gasteiger charge is 2.15. The van der Waals surface area contributed by atoms with Gasteiger partial charge in [0.25, 0.3) is 5.91 Å². The molecule has 1 amide bonds. The van der Waals surface area contributed by atoms with Gasteiger partial charge in [-0.05, 0) is 53.9 Å². The Morgan fingerprint density at radius 2 is 1.80 bits per heavy atom. The number of carbonyl (C=O) groups is 1. The highest BCUT2D eigenvalue weighted by atomic mass is 32.1. The first-order valence-electron chi connectivity index (χ1n) is 10.1. The first kappa shape index (κ1) is 20.6. The number of nitrogens with one attached hydrogen (secondary N) is 1. The summed E-state index contributed by atoms with van der Waals surface area (Å²) >= 11 is 1.51. The number of morpholine rings is 1. The number of anilines is 1. The fourth-order valence-electron chi connectivity index (χ4n) is 3.55. The van der Waals surface area contributed by atoms with Gasteiger partial charge in [0.15, 0.2) is 0 Å². The molecule has 1 N–H and O–H groups in total. The van der Waals surface area contributed by atoms with E-state index in [1.165, 1.54) is 16.9 Å². The van der Waals surface area contributed by atoms with Gasteiger partial charge in [-0.25, -0.2) is 0 Å². The summed E-state index contributed by atoms with van der Waals surface area (Å²) in [5.74, 6) is 0.741. The molecular weight excluding hydrogens is 396 g/mol. The SMILES string of the molecule is COc1ccc(-c2cc(C(=O)Nc3ccc(CN4CCOCC4)cc3)sc2C)cc1. The average molecular weight is 423 g/mol. The molecule has 0 atom stereocenters. The van der Waals surface area contributed by atoms with Crippen molar-refractivity contribution in [1.82, 2.24) is 4.90 Å². The van der Waals surface area contributed by atoms with Crippen molar-refractivity contribution >= 4 is 22.9 Å². The monoisotopic (exact) mass is 422 g/mol. The topological polar surface area (TPSA) is 50.8 Å². The number of carbonyl (C=O) groups excluding carboxylic acids is 1. The van der Waals surface area contributed by atoms with Gasteiger partial charge in [-0.3, -0.25) is 9.69 Å². The second kappa shape index (κ2) is 9.43. The third-order valence-electron chi connectivity index (χ3n) is 5.26. The molecule has 4 rings (SSSR count). The third-order valence-corrected chi connectivity index (χ3v) is 6.31. The lowest BCUT2D eigenvalue weighted by Gasteiger charge is -2.26. The van der Waals surface area contributed by atoms with Crippen LogP contribution in [0.2, 0.25) is 0 Å². The zero-order chi connectivity index (χ0) is 20.9. The smallest absolute Gasteiger partial charge is 0.265 e. The van der Waals surface area contributed by atoms with Crippen molar-refractivity contribution in [3.8, 4) is 16.9 Å². The second-order valence-corrected chi connectivity index (χ2v) is 8.60. The Morgan fingerprint density at radius 1 is 1.10 bits per heavy atom. The van der Waals surface area contributed by atoms with E-state index >= 15 is 0 Å². The molecule has 0 radical (unpaired) electrons. The summed E-state index contributed by atoms with van der Waals surface area (Å²) in [7, 11) is 1.66. The number of amides is 1. The highest BCUT2D eigenvalue weighted by molar-refractivity contribution is 7.14. The van der Waals surface area contributed by atoms with Gasteiger partial charge in [-0.15, -0.1) is 11.3 Å². The minimum atomic E-state index is -0.0798. The molecule has 0 unspecified atom stereocenters. The molecule has 1 aliphatic rings. The summed E-state index contributed by atoms with van der Waals surface area (Å²) < 4.78 is 10.6. The molecule has 6 heteroatoms. The number of thiophene rings is 1. The van der Waals surface area contributed by atoms with Crippen molar-refractivity contribution in [2.24, 2.45) is 0 Å². The predicted molar refractivity (Wildman–Crippen MR) is 122 cm³/mol. The lowest BCUT2D eigenvalue weighted by molar-refractivity contribution is 0.0342. The van der Waals surface area contributed by atoms with Crippen molar-refractivity contribution in [3.63, 3.8) is 0 Å². The van der Waals surface area contributed by atoms with Crippen LogP contribution >= 0.6 is 11.3 Å². The Hall–Kier alpha value is -2.67. The van der Waals surface area contributed by atoms with E-state index in [9.17, 15) is 4.79 Å². The molecule has 2 heterocycles. The molecule has 1 saturated heterocycles. The first-order valence-corrected chi connectivity index (χ1v) is 10.9. The van der Waals surface area contributed by atoms with Crippen LogP contribution in [0.3, 0.4) is 0 Å². The van der Waals surface area contributed by atoms with Gasteiger partial charge < -0.3 is 14.8 Å². The zero-order valence-electron chi connectivity index (χ0n) is 17.3. The number of methoxy groups -OCH3 is 1. The minimum Gasteiger partial charge on any atom is -0.497 e. The van der Waals surface area contributed by atoms with E-state index in [-0.39, 0.29) is 5.91 Å². The summed E-state index contributed by atoms with van der Waals surface area (Å²) in [5.41, 5.74) is 4.20. The van der Waals surface area contributed by atoms with E-state index in [0.29, 0.717) is 4.88 Å². The normalized spacial score (nSPS) is 14.5. The largest absolute Gasteiger partial charge is 0.497 e. The number of rotatable bonds is 6. The Kier molecular flexibility index (Phi) is 6.47.